The summed E-state index contributed by atoms with van der Waals surface area (Å²) in [4.78, 5) is 10.8. The topological polar surface area (TPSA) is 37.3 Å². The maximum atomic E-state index is 12.7. The number of rotatable bonds is 3. The van der Waals surface area contributed by atoms with Crippen molar-refractivity contribution in [2.45, 2.75) is 18.5 Å². The van der Waals surface area contributed by atoms with Crippen LogP contribution in [0.1, 0.15) is 17.0 Å². The second-order valence-electron chi connectivity index (χ2n) is 4.47. The summed E-state index contributed by atoms with van der Waals surface area (Å²) in [6, 6.07) is 6.32. The van der Waals surface area contributed by atoms with Gasteiger partial charge < -0.3 is 5.11 Å². The van der Waals surface area contributed by atoms with Gasteiger partial charge in [0.15, 0.2) is 0 Å². The molecule has 2 nitrogen and oxygen atoms in total. The van der Waals surface area contributed by atoms with Crippen molar-refractivity contribution < 1.29 is 31.9 Å². The van der Waals surface area contributed by atoms with Gasteiger partial charge in [-0.05, 0) is 28.5 Å². The number of aliphatic carboxylic acids is 1. The van der Waals surface area contributed by atoms with Gasteiger partial charge in [-0.1, -0.05) is 24.3 Å². The fourth-order valence-corrected chi connectivity index (χ4v) is 2.03. The van der Waals surface area contributed by atoms with Gasteiger partial charge in [0.25, 0.3) is 6.43 Å². The van der Waals surface area contributed by atoms with Crippen molar-refractivity contribution >= 4 is 16.7 Å². The lowest BCUT2D eigenvalue weighted by atomic mass is 9.96. The Labute approximate surface area is 115 Å². The molecule has 2 aromatic carbocycles. The minimum Gasteiger partial charge on any atom is -0.481 e. The van der Waals surface area contributed by atoms with E-state index in [0.717, 1.165) is 24.3 Å². The first-order valence-corrected chi connectivity index (χ1v) is 5.82. The van der Waals surface area contributed by atoms with E-state index in [-0.39, 0.29) is 16.3 Å². The van der Waals surface area contributed by atoms with Crippen LogP contribution in [0.15, 0.2) is 36.4 Å². The lowest BCUT2D eigenvalue weighted by molar-refractivity contribution is -0.142. The van der Waals surface area contributed by atoms with Crippen LogP contribution in [0.2, 0.25) is 0 Å². The Morgan fingerprint density at radius 2 is 1.57 bits per heavy atom. The minimum absolute atomic E-state index is 0.148. The number of hydrogen-bond acceptors (Lipinski definition) is 1. The molecule has 0 aliphatic carbocycles. The van der Waals surface area contributed by atoms with Crippen LogP contribution in [0.3, 0.4) is 0 Å². The van der Waals surface area contributed by atoms with Crippen LogP contribution in [0.4, 0.5) is 22.0 Å². The monoisotopic (exact) mass is 304 g/mol. The van der Waals surface area contributed by atoms with Crippen LogP contribution < -0.4 is 0 Å². The van der Waals surface area contributed by atoms with E-state index in [9.17, 15) is 26.7 Å². The van der Waals surface area contributed by atoms with E-state index in [1.165, 1.54) is 12.1 Å². The van der Waals surface area contributed by atoms with Crippen molar-refractivity contribution in [1.82, 2.24) is 0 Å². The van der Waals surface area contributed by atoms with Crippen molar-refractivity contribution in [2.24, 2.45) is 0 Å². The van der Waals surface area contributed by atoms with Gasteiger partial charge in [0.2, 0.25) is 0 Å². The number of halogens is 5. The first-order valence-electron chi connectivity index (χ1n) is 5.82. The summed E-state index contributed by atoms with van der Waals surface area (Å²) < 4.78 is 63.1. The van der Waals surface area contributed by atoms with Crippen LogP contribution in [0.25, 0.3) is 10.8 Å². The Hall–Kier alpha value is -2.18. The number of fused-ring (bicyclic) bond motifs is 1. The van der Waals surface area contributed by atoms with Gasteiger partial charge in [0, 0.05) is 0 Å². The van der Waals surface area contributed by atoms with E-state index in [0.29, 0.717) is 0 Å². The molecule has 2 aromatic rings. The smallest absolute Gasteiger partial charge is 0.416 e. The molecular weight excluding hydrogens is 295 g/mol. The second-order valence-corrected chi connectivity index (χ2v) is 4.47. The molecule has 0 aromatic heterocycles. The molecule has 0 bridgehead atoms. The summed E-state index contributed by atoms with van der Waals surface area (Å²) in [5.74, 6) is -3.69. The van der Waals surface area contributed by atoms with Gasteiger partial charge >= 0.3 is 12.1 Å². The Morgan fingerprint density at radius 1 is 1.00 bits per heavy atom. The zero-order valence-electron chi connectivity index (χ0n) is 10.4. The molecule has 1 atom stereocenters. The van der Waals surface area contributed by atoms with Gasteiger partial charge in [0.05, 0.1) is 5.56 Å². The van der Waals surface area contributed by atoms with Crippen LogP contribution in [-0.2, 0) is 11.0 Å². The highest BCUT2D eigenvalue weighted by Crippen LogP contribution is 2.33. The molecule has 0 saturated carbocycles. The highest BCUT2D eigenvalue weighted by molar-refractivity contribution is 5.86. The van der Waals surface area contributed by atoms with E-state index < -0.39 is 30.1 Å². The van der Waals surface area contributed by atoms with E-state index in [2.05, 4.69) is 0 Å². The molecule has 0 fully saturated rings. The second kappa shape index (κ2) is 5.31. The third-order valence-electron chi connectivity index (χ3n) is 3.07. The maximum absolute atomic E-state index is 12.7. The average Bonchev–Trinajstić information content (AvgIpc) is 2.36. The lowest BCUT2D eigenvalue weighted by Gasteiger charge is -2.13. The molecule has 0 radical (unpaired) electrons. The van der Waals surface area contributed by atoms with Crippen molar-refractivity contribution in [3.8, 4) is 0 Å². The Bertz CT molecular complexity index is 679. The molecule has 0 spiro atoms. The van der Waals surface area contributed by atoms with Crippen LogP contribution in [0, 0.1) is 0 Å². The van der Waals surface area contributed by atoms with Gasteiger partial charge in [-0.2, -0.15) is 13.2 Å². The first kappa shape index (κ1) is 15.2. The fourth-order valence-electron chi connectivity index (χ4n) is 2.03. The van der Waals surface area contributed by atoms with Crippen molar-refractivity contribution in [1.29, 1.82) is 0 Å². The molecular formula is C14H9F5O2. The number of carbonyl (C=O) groups is 1. The predicted octanol–water partition coefficient (Wildman–Crippen LogP) is 4.29. The van der Waals surface area contributed by atoms with E-state index in [1.807, 2.05) is 0 Å². The molecule has 0 saturated heterocycles. The summed E-state index contributed by atoms with van der Waals surface area (Å²) in [6.07, 6.45) is -7.60. The third kappa shape index (κ3) is 3.12. The Balaban J connectivity index is 2.50. The van der Waals surface area contributed by atoms with Gasteiger partial charge in [-0.3, -0.25) is 4.79 Å². The number of carboxylic acid groups (broad SMARTS) is 1. The highest BCUT2D eigenvalue weighted by Gasteiger charge is 2.31. The summed E-state index contributed by atoms with van der Waals surface area (Å²) in [7, 11) is 0. The van der Waals surface area contributed by atoms with Crippen LogP contribution in [0.5, 0.6) is 0 Å². The minimum atomic E-state index is -4.50. The fraction of sp³-hybridized carbons (Fsp3) is 0.214. The van der Waals surface area contributed by atoms with Gasteiger partial charge in [-0.25, -0.2) is 8.78 Å². The van der Waals surface area contributed by atoms with E-state index >= 15 is 0 Å². The molecule has 0 aliphatic rings. The number of benzene rings is 2. The molecule has 112 valence electrons. The molecule has 0 aliphatic heterocycles. The zero-order chi connectivity index (χ0) is 15.8. The molecule has 1 N–H and O–H groups in total. The average molecular weight is 304 g/mol. The first-order chi connectivity index (χ1) is 9.70. The highest BCUT2D eigenvalue weighted by atomic mass is 19.4. The molecule has 0 amide bonds. The number of carboxylic acids is 1. The molecule has 1 unspecified atom stereocenters. The standard InChI is InChI=1S/C14H9F5O2/c15-12(16)11(13(20)21)9-2-1-8-6-10(14(17,18)19)4-3-7(8)5-9/h1-6,11-12H,(H,20,21). The van der Waals surface area contributed by atoms with Gasteiger partial charge in [0.1, 0.15) is 5.92 Å². The van der Waals surface area contributed by atoms with Crippen LogP contribution in [-0.4, -0.2) is 17.5 Å². The SMILES string of the molecule is O=C(O)C(c1ccc2cc(C(F)(F)F)ccc2c1)C(F)F. The lowest BCUT2D eigenvalue weighted by Crippen LogP contribution is -2.19. The largest absolute Gasteiger partial charge is 0.481 e. The van der Waals surface area contributed by atoms with E-state index in [1.54, 1.807) is 0 Å². The third-order valence-corrected chi connectivity index (χ3v) is 3.07. The number of alkyl halides is 5. The van der Waals surface area contributed by atoms with Crippen molar-refractivity contribution in [3.63, 3.8) is 0 Å². The summed E-state index contributed by atoms with van der Waals surface area (Å²) >= 11 is 0. The molecule has 7 heteroatoms. The normalized spacial score (nSPS) is 13.6. The quantitative estimate of drug-likeness (QED) is 0.859. The zero-order valence-corrected chi connectivity index (χ0v) is 10.4. The molecule has 0 heterocycles. The van der Waals surface area contributed by atoms with Crippen LogP contribution >= 0.6 is 0 Å². The number of hydrogen-bond donors (Lipinski definition) is 1. The molecule has 21 heavy (non-hydrogen) atoms. The van der Waals surface area contributed by atoms with Crippen molar-refractivity contribution in [2.75, 3.05) is 0 Å². The van der Waals surface area contributed by atoms with Gasteiger partial charge in [-0.15, -0.1) is 0 Å². The Morgan fingerprint density at radius 3 is 2.10 bits per heavy atom. The summed E-state index contributed by atoms with van der Waals surface area (Å²) in [5, 5.41) is 9.26. The summed E-state index contributed by atoms with van der Waals surface area (Å²) in [5.41, 5.74) is -1.00. The van der Waals surface area contributed by atoms with Crippen molar-refractivity contribution in [3.05, 3.63) is 47.5 Å². The maximum Gasteiger partial charge on any atom is 0.416 e. The Kier molecular flexibility index (Phi) is 3.85. The molecule has 2 rings (SSSR count). The summed E-state index contributed by atoms with van der Waals surface area (Å²) in [6.45, 7) is 0. The predicted molar refractivity (Wildman–Crippen MR) is 65.3 cm³/mol. The van der Waals surface area contributed by atoms with E-state index in [4.69, 9.17) is 5.11 Å².